The van der Waals surface area contributed by atoms with Crippen LogP contribution in [0.15, 0.2) is 36.1 Å². The fraction of sp³-hybridized carbons (Fsp3) is 0.625. The van der Waals surface area contributed by atoms with Crippen LogP contribution in [0.4, 0.5) is 0 Å². The molecule has 0 bridgehead atoms. The summed E-state index contributed by atoms with van der Waals surface area (Å²) in [5.74, 6) is -0.00715. The first-order chi connectivity index (χ1) is 9.66. The van der Waals surface area contributed by atoms with E-state index in [1.54, 1.807) is 19.4 Å². The van der Waals surface area contributed by atoms with E-state index in [0.29, 0.717) is 0 Å². The highest BCUT2D eigenvalue weighted by Crippen LogP contribution is 2.31. The highest BCUT2D eigenvalue weighted by atomic mass is 28.3. The van der Waals surface area contributed by atoms with Gasteiger partial charge in [-0.25, -0.2) is 0 Å². The fourth-order valence-electron chi connectivity index (χ4n) is 2.71. The van der Waals surface area contributed by atoms with E-state index < -0.39 is 8.07 Å². The summed E-state index contributed by atoms with van der Waals surface area (Å²) in [5.41, 5.74) is 0. The minimum atomic E-state index is -1.31. The number of hydrogen-bond donors (Lipinski definition) is 0. The van der Waals surface area contributed by atoms with Gasteiger partial charge in [-0.2, -0.15) is 0 Å². The van der Waals surface area contributed by atoms with Crippen molar-refractivity contribution in [2.45, 2.75) is 49.9 Å². The summed E-state index contributed by atoms with van der Waals surface area (Å²) in [6.45, 7) is 6.46. The molecule has 1 atom stereocenters. The van der Waals surface area contributed by atoms with Gasteiger partial charge in [0.2, 0.25) is 0 Å². The van der Waals surface area contributed by atoms with E-state index in [-0.39, 0.29) is 5.91 Å². The summed E-state index contributed by atoms with van der Waals surface area (Å²) in [5, 5.41) is 1.63. The van der Waals surface area contributed by atoms with Gasteiger partial charge in [0.05, 0.1) is 8.07 Å². The molecule has 1 rings (SSSR count). The molecule has 0 heterocycles. The summed E-state index contributed by atoms with van der Waals surface area (Å²) in [6.07, 6.45) is 12.9. The highest BCUT2D eigenvalue weighted by Gasteiger charge is 2.29. The summed E-state index contributed by atoms with van der Waals surface area (Å²) in [4.78, 5) is 0. The lowest BCUT2D eigenvalue weighted by Gasteiger charge is -2.27. The van der Waals surface area contributed by atoms with Crippen LogP contribution in [0.1, 0.15) is 19.3 Å². The third kappa shape index (κ3) is 5.52. The van der Waals surface area contributed by atoms with E-state index in [2.05, 4.69) is 37.4 Å². The van der Waals surface area contributed by atoms with E-state index in [4.69, 9.17) is 9.47 Å². The number of unbranched alkanes of at least 4 members (excludes halogenated alkanes) is 1. The third-order valence-electron chi connectivity index (χ3n) is 3.96. The van der Waals surface area contributed by atoms with E-state index >= 15 is 0 Å². The molecule has 0 aromatic heterocycles. The normalized spacial score (nSPS) is 17.3. The van der Waals surface area contributed by atoms with E-state index in [0.717, 1.165) is 15.9 Å². The van der Waals surface area contributed by atoms with Crippen LogP contribution in [-0.2, 0) is 9.47 Å². The second-order valence-corrected chi connectivity index (χ2v) is 11.6. The Balaban J connectivity index is 2.33. The zero-order valence-electron chi connectivity index (χ0n) is 13.2. The van der Waals surface area contributed by atoms with Crippen molar-refractivity contribution in [3.05, 3.63) is 36.1 Å². The van der Waals surface area contributed by atoms with Crippen molar-refractivity contribution < 1.29 is 9.47 Å². The summed E-state index contributed by atoms with van der Waals surface area (Å²) < 4.78 is 10.5. The molecule has 0 aromatic carbocycles. The fourth-order valence-corrected chi connectivity index (χ4v) is 7.26. The third-order valence-corrected chi connectivity index (χ3v) is 9.82. The molecule has 1 aliphatic rings. The average molecular weight is 309 g/mol. The lowest BCUT2D eigenvalue weighted by molar-refractivity contribution is -0.0441. The van der Waals surface area contributed by atoms with E-state index in [1.165, 1.54) is 31.0 Å². The molecule has 0 aromatic rings. The van der Waals surface area contributed by atoms with Crippen LogP contribution in [-0.4, -0.2) is 37.7 Å². The molecule has 1 unspecified atom stereocenters. The van der Waals surface area contributed by atoms with Gasteiger partial charge in [-0.05, 0) is 12.5 Å². The maximum atomic E-state index is 5.23. The van der Waals surface area contributed by atoms with E-state index in [1.807, 2.05) is 0 Å². The summed E-state index contributed by atoms with van der Waals surface area (Å²) >= 11 is 0. The largest absolute Gasteiger partial charge is 0.360 e. The van der Waals surface area contributed by atoms with Crippen molar-refractivity contribution in [1.29, 1.82) is 0 Å². The van der Waals surface area contributed by atoms with Crippen LogP contribution in [0.3, 0.4) is 0 Å². The Bertz CT molecular complexity index is 348. The summed E-state index contributed by atoms with van der Waals surface area (Å²) in [7, 11) is 2.87. The Morgan fingerprint density at radius 2 is 2.15 bits per heavy atom. The van der Waals surface area contributed by atoms with Crippen LogP contribution in [0, 0.1) is 0 Å². The van der Waals surface area contributed by atoms with Gasteiger partial charge in [0.25, 0.3) is 0 Å². The van der Waals surface area contributed by atoms with Gasteiger partial charge in [0.1, 0.15) is 15.4 Å². The molecule has 20 heavy (non-hydrogen) atoms. The molecular weight excluding hydrogens is 280 g/mol. The smallest absolute Gasteiger partial charge is 0.136 e. The van der Waals surface area contributed by atoms with Crippen LogP contribution >= 0.6 is 0 Å². The minimum absolute atomic E-state index is 0.00715. The molecular formula is C16H28O2Si2. The first-order valence-electron chi connectivity index (χ1n) is 7.43. The zero-order chi connectivity index (χ0) is 14.8. The van der Waals surface area contributed by atoms with Crippen molar-refractivity contribution in [2.24, 2.45) is 0 Å². The number of methoxy groups -OCH3 is 2. The molecule has 2 radical (unpaired) electrons. The van der Waals surface area contributed by atoms with Gasteiger partial charge < -0.3 is 9.47 Å². The predicted molar refractivity (Wildman–Crippen MR) is 90.9 cm³/mol. The SMILES string of the molecule is C=CC[Si](C)(CCCC[Si]C(OC)OC)C1=CCC=C1. The van der Waals surface area contributed by atoms with Crippen molar-refractivity contribution in [3.63, 3.8) is 0 Å². The number of allylic oxidation sites excluding steroid dienone is 5. The van der Waals surface area contributed by atoms with Gasteiger partial charge in [-0.15, -0.1) is 6.58 Å². The van der Waals surface area contributed by atoms with Crippen molar-refractivity contribution >= 4 is 17.6 Å². The molecule has 4 heteroatoms. The Kier molecular flexibility index (Phi) is 8.37. The van der Waals surface area contributed by atoms with Crippen LogP contribution in [0.5, 0.6) is 0 Å². The van der Waals surface area contributed by atoms with Crippen molar-refractivity contribution in [3.8, 4) is 0 Å². The second-order valence-electron chi connectivity index (χ2n) is 5.57. The van der Waals surface area contributed by atoms with Crippen molar-refractivity contribution in [1.82, 2.24) is 0 Å². The molecule has 112 valence electrons. The van der Waals surface area contributed by atoms with Gasteiger partial charge in [-0.3, -0.25) is 0 Å². The molecule has 0 saturated carbocycles. The lowest BCUT2D eigenvalue weighted by atomic mass is 10.4. The van der Waals surface area contributed by atoms with Crippen LogP contribution in [0.25, 0.3) is 0 Å². The molecule has 0 spiro atoms. The Hall–Kier alpha value is -0.426. The number of hydrogen-bond acceptors (Lipinski definition) is 2. The van der Waals surface area contributed by atoms with Gasteiger partial charge >= 0.3 is 0 Å². The first-order valence-corrected chi connectivity index (χ1v) is 11.6. The van der Waals surface area contributed by atoms with Crippen LogP contribution in [0.2, 0.25) is 24.7 Å². The van der Waals surface area contributed by atoms with Gasteiger partial charge in [0.15, 0.2) is 0 Å². The average Bonchev–Trinajstić information content (AvgIpc) is 2.98. The number of ether oxygens (including phenoxy) is 2. The molecule has 2 nitrogen and oxygen atoms in total. The Labute approximate surface area is 127 Å². The van der Waals surface area contributed by atoms with Crippen LogP contribution < -0.4 is 0 Å². The van der Waals surface area contributed by atoms with Gasteiger partial charge in [0, 0.05) is 14.2 Å². The topological polar surface area (TPSA) is 18.5 Å². The molecule has 0 amide bonds. The molecule has 0 saturated heterocycles. The summed E-state index contributed by atoms with van der Waals surface area (Å²) in [6, 6.07) is 3.77. The van der Waals surface area contributed by atoms with Crippen molar-refractivity contribution in [2.75, 3.05) is 14.2 Å². The molecule has 0 N–H and O–H groups in total. The first kappa shape index (κ1) is 17.6. The quantitative estimate of drug-likeness (QED) is 0.247. The molecule has 0 fully saturated rings. The van der Waals surface area contributed by atoms with E-state index in [9.17, 15) is 0 Å². The second kappa shape index (κ2) is 9.50. The standard InChI is InChI=1S/C16H28O2Si2/c1-5-13-20(4,15-10-6-7-11-15)14-9-8-12-19-16(17-2)18-3/h5-6,10-11,16H,1,7-9,12-14H2,2-4H3. The molecule has 0 aliphatic heterocycles. The Morgan fingerprint density at radius 1 is 1.40 bits per heavy atom. The van der Waals surface area contributed by atoms with Gasteiger partial charge in [-0.1, -0.05) is 61.0 Å². The molecule has 1 aliphatic carbocycles. The lowest BCUT2D eigenvalue weighted by Crippen LogP contribution is -2.31. The maximum absolute atomic E-state index is 5.23. The monoisotopic (exact) mass is 308 g/mol. The predicted octanol–water partition coefficient (Wildman–Crippen LogP) is 4.16. The maximum Gasteiger partial charge on any atom is 0.136 e. The Morgan fingerprint density at radius 3 is 2.70 bits per heavy atom. The number of rotatable bonds is 11. The minimum Gasteiger partial charge on any atom is -0.360 e. The zero-order valence-corrected chi connectivity index (χ0v) is 15.2. The highest BCUT2D eigenvalue weighted by molar-refractivity contribution is 6.86.